The van der Waals surface area contributed by atoms with Crippen LogP contribution in [0.5, 0.6) is 0 Å². The number of amides is 1. The zero-order valence-corrected chi connectivity index (χ0v) is 15.3. The van der Waals surface area contributed by atoms with Gasteiger partial charge in [-0.3, -0.25) is 9.10 Å². The molecule has 2 bridgehead atoms. The van der Waals surface area contributed by atoms with Gasteiger partial charge in [0.15, 0.2) is 0 Å². The van der Waals surface area contributed by atoms with Crippen LogP contribution >= 0.6 is 0 Å². The van der Waals surface area contributed by atoms with Crippen LogP contribution in [0.25, 0.3) is 0 Å². The summed E-state index contributed by atoms with van der Waals surface area (Å²) in [5.74, 6) is 0.975. The fourth-order valence-electron chi connectivity index (χ4n) is 4.18. The molecule has 1 amide bonds. The van der Waals surface area contributed by atoms with Gasteiger partial charge in [-0.25, -0.2) is 12.8 Å². The second-order valence-electron chi connectivity index (χ2n) is 7.26. The summed E-state index contributed by atoms with van der Waals surface area (Å²) < 4.78 is 38.2. The highest BCUT2D eigenvalue weighted by Crippen LogP contribution is 2.44. The number of hydrogen-bond donors (Lipinski definition) is 1. The Balaban J connectivity index is 1.51. The van der Waals surface area contributed by atoms with E-state index < -0.39 is 15.8 Å². The van der Waals surface area contributed by atoms with Crippen molar-refractivity contribution in [3.8, 4) is 0 Å². The monoisotopic (exact) mass is 368 g/mol. The van der Waals surface area contributed by atoms with Gasteiger partial charge in [-0.15, -0.1) is 0 Å². The lowest BCUT2D eigenvalue weighted by atomic mass is 9.95. The van der Waals surface area contributed by atoms with Gasteiger partial charge in [0, 0.05) is 19.0 Å². The maximum Gasteiger partial charge on any atom is 0.232 e. The van der Waals surface area contributed by atoms with Crippen LogP contribution in [-0.4, -0.2) is 33.2 Å². The smallest absolute Gasteiger partial charge is 0.232 e. The predicted octanol–water partition coefficient (Wildman–Crippen LogP) is 2.68. The first kappa shape index (κ1) is 18.2. The third-order valence-electron chi connectivity index (χ3n) is 5.36. The van der Waals surface area contributed by atoms with Crippen LogP contribution in [0.4, 0.5) is 10.1 Å². The minimum absolute atomic E-state index is 0.00916. The molecule has 0 spiro atoms. The van der Waals surface area contributed by atoms with Crippen LogP contribution in [-0.2, 0) is 14.8 Å². The molecule has 25 heavy (non-hydrogen) atoms. The van der Waals surface area contributed by atoms with Crippen LogP contribution in [0.1, 0.15) is 38.5 Å². The van der Waals surface area contributed by atoms with Gasteiger partial charge in [0.25, 0.3) is 0 Å². The van der Waals surface area contributed by atoms with Gasteiger partial charge >= 0.3 is 0 Å². The molecule has 1 aromatic rings. The normalized spacial score (nSPS) is 25.1. The molecule has 2 aliphatic rings. The summed E-state index contributed by atoms with van der Waals surface area (Å²) in [4.78, 5) is 12.2. The van der Waals surface area contributed by atoms with Gasteiger partial charge in [0.1, 0.15) is 5.82 Å². The number of anilines is 1. The van der Waals surface area contributed by atoms with Crippen molar-refractivity contribution in [2.45, 2.75) is 44.6 Å². The largest absolute Gasteiger partial charge is 0.353 e. The number of sulfonamides is 1. The van der Waals surface area contributed by atoms with Gasteiger partial charge in [0.2, 0.25) is 15.9 Å². The number of carbonyl (C=O) groups excluding carboxylic acids is 1. The topological polar surface area (TPSA) is 66.5 Å². The molecule has 3 rings (SSSR count). The predicted molar refractivity (Wildman–Crippen MR) is 95.2 cm³/mol. The van der Waals surface area contributed by atoms with Gasteiger partial charge in [0.05, 0.1) is 11.9 Å². The lowest BCUT2D eigenvalue weighted by Crippen LogP contribution is -2.39. The fourth-order valence-corrected chi connectivity index (χ4v) is 5.14. The van der Waals surface area contributed by atoms with Gasteiger partial charge in [-0.2, -0.15) is 0 Å². The van der Waals surface area contributed by atoms with Crippen molar-refractivity contribution in [2.75, 3.05) is 17.1 Å². The third-order valence-corrected chi connectivity index (χ3v) is 6.56. The standard InChI is InChI=1S/C18H25FN2O3S/c1-25(23,24)21(16-8-6-15(19)7-9-16)10-2-3-18(22)20-17-12-13-4-5-14(17)11-13/h6-9,13-14,17H,2-5,10-12H2,1H3,(H,20,22)/t13-,14-,17+/m0/s1. The Kier molecular flexibility index (Phi) is 5.32. The summed E-state index contributed by atoms with van der Waals surface area (Å²) >= 11 is 0. The SMILES string of the molecule is CS(=O)(=O)N(CCCC(=O)N[C@@H]1C[C@H]2CC[C@H]1C2)c1ccc(F)cc1. The number of carbonyl (C=O) groups is 1. The Morgan fingerprint density at radius 3 is 2.52 bits per heavy atom. The molecule has 1 aromatic carbocycles. The zero-order chi connectivity index (χ0) is 18.0. The van der Waals surface area contributed by atoms with E-state index in [1.165, 1.54) is 47.8 Å². The maximum absolute atomic E-state index is 13.0. The Morgan fingerprint density at radius 2 is 1.96 bits per heavy atom. The summed E-state index contributed by atoms with van der Waals surface area (Å²) in [6, 6.07) is 5.64. The van der Waals surface area contributed by atoms with Crippen molar-refractivity contribution >= 4 is 21.6 Å². The molecular weight excluding hydrogens is 343 g/mol. The van der Waals surface area contributed by atoms with E-state index in [9.17, 15) is 17.6 Å². The highest BCUT2D eigenvalue weighted by Gasteiger charge is 2.39. The number of nitrogens with zero attached hydrogens (tertiary/aromatic N) is 1. The summed E-state index contributed by atoms with van der Waals surface area (Å²) in [5, 5.41) is 3.11. The quantitative estimate of drug-likeness (QED) is 0.805. The first-order valence-corrected chi connectivity index (χ1v) is 10.7. The molecule has 0 unspecified atom stereocenters. The van der Waals surface area contributed by atoms with Crippen molar-refractivity contribution in [3.63, 3.8) is 0 Å². The van der Waals surface area contributed by atoms with E-state index in [1.54, 1.807) is 0 Å². The molecule has 2 saturated carbocycles. The van der Waals surface area contributed by atoms with Crippen molar-refractivity contribution in [3.05, 3.63) is 30.1 Å². The first-order valence-electron chi connectivity index (χ1n) is 8.85. The van der Waals surface area contributed by atoms with Crippen LogP contribution < -0.4 is 9.62 Å². The summed E-state index contributed by atoms with van der Waals surface area (Å²) in [7, 11) is -3.48. The van der Waals surface area contributed by atoms with E-state index in [2.05, 4.69) is 5.32 Å². The van der Waals surface area contributed by atoms with E-state index in [0.717, 1.165) is 18.6 Å². The highest BCUT2D eigenvalue weighted by atomic mass is 32.2. The molecule has 0 aliphatic heterocycles. The van der Waals surface area contributed by atoms with Crippen molar-refractivity contribution in [2.24, 2.45) is 11.8 Å². The molecule has 0 radical (unpaired) electrons. The summed E-state index contributed by atoms with van der Waals surface area (Å²) in [6.45, 7) is 0.203. The second kappa shape index (κ2) is 7.32. The zero-order valence-electron chi connectivity index (χ0n) is 14.4. The van der Waals surface area contributed by atoms with Crippen LogP contribution in [0.15, 0.2) is 24.3 Å². The minimum atomic E-state index is -3.48. The Labute approximate surface area is 148 Å². The molecule has 3 atom stereocenters. The molecule has 138 valence electrons. The van der Waals surface area contributed by atoms with Crippen LogP contribution in [0.2, 0.25) is 0 Å². The van der Waals surface area contributed by atoms with E-state index in [4.69, 9.17) is 0 Å². The molecule has 0 aromatic heterocycles. The molecule has 1 N–H and O–H groups in total. The molecule has 0 heterocycles. The number of halogens is 1. The number of hydrogen-bond acceptors (Lipinski definition) is 3. The van der Waals surface area contributed by atoms with E-state index in [-0.39, 0.29) is 12.5 Å². The van der Waals surface area contributed by atoms with Crippen molar-refractivity contribution in [1.29, 1.82) is 0 Å². The molecule has 2 aliphatic carbocycles. The third kappa shape index (κ3) is 4.51. The molecule has 0 saturated heterocycles. The molecule has 7 heteroatoms. The molecule has 5 nitrogen and oxygen atoms in total. The maximum atomic E-state index is 13.0. The van der Waals surface area contributed by atoms with Crippen molar-refractivity contribution in [1.82, 2.24) is 5.32 Å². The molecule has 2 fully saturated rings. The van der Waals surface area contributed by atoms with E-state index in [0.29, 0.717) is 30.5 Å². The van der Waals surface area contributed by atoms with Crippen LogP contribution in [0, 0.1) is 17.7 Å². The van der Waals surface area contributed by atoms with Crippen molar-refractivity contribution < 1.29 is 17.6 Å². The first-order chi connectivity index (χ1) is 11.8. The van der Waals surface area contributed by atoms with Gasteiger partial charge < -0.3 is 5.32 Å². The summed E-state index contributed by atoms with van der Waals surface area (Å²) in [5.41, 5.74) is 0.414. The number of fused-ring (bicyclic) bond motifs is 2. The highest BCUT2D eigenvalue weighted by molar-refractivity contribution is 7.92. The Bertz CT molecular complexity index is 720. The number of nitrogens with one attached hydrogen (secondary N) is 1. The Morgan fingerprint density at radius 1 is 1.24 bits per heavy atom. The fraction of sp³-hybridized carbons (Fsp3) is 0.611. The average Bonchev–Trinajstić information content (AvgIpc) is 3.14. The lowest BCUT2D eigenvalue weighted by Gasteiger charge is -2.24. The van der Waals surface area contributed by atoms with Crippen LogP contribution in [0.3, 0.4) is 0 Å². The van der Waals surface area contributed by atoms with E-state index in [1.807, 2.05) is 0 Å². The van der Waals surface area contributed by atoms with Gasteiger partial charge in [-0.1, -0.05) is 6.42 Å². The minimum Gasteiger partial charge on any atom is -0.353 e. The Hall–Kier alpha value is -1.63. The lowest BCUT2D eigenvalue weighted by molar-refractivity contribution is -0.122. The average molecular weight is 368 g/mol. The summed E-state index contributed by atoms with van der Waals surface area (Å²) in [6.07, 6.45) is 6.66. The molecular formula is C18H25FN2O3S. The second-order valence-corrected chi connectivity index (χ2v) is 9.17. The van der Waals surface area contributed by atoms with Gasteiger partial charge in [-0.05, 0) is 61.8 Å². The number of benzene rings is 1. The van der Waals surface area contributed by atoms with E-state index >= 15 is 0 Å². The number of rotatable bonds is 7.